The zero-order chi connectivity index (χ0) is 11.4. The fourth-order valence-electron chi connectivity index (χ4n) is 2.00. The molecule has 88 valence electrons. The molecule has 1 aromatic rings. The number of methoxy groups -OCH3 is 1. The molecule has 4 nitrogen and oxygen atoms in total. The highest BCUT2D eigenvalue weighted by molar-refractivity contribution is 5.38. The van der Waals surface area contributed by atoms with E-state index in [2.05, 4.69) is 10.6 Å². The van der Waals surface area contributed by atoms with Gasteiger partial charge in [-0.25, -0.2) is 0 Å². The summed E-state index contributed by atoms with van der Waals surface area (Å²) in [4.78, 5) is 0. The second kappa shape index (κ2) is 5.30. The van der Waals surface area contributed by atoms with E-state index in [-0.39, 0.29) is 6.61 Å². The molecule has 4 heteroatoms. The van der Waals surface area contributed by atoms with E-state index >= 15 is 0 Å². The standard InChI is InChI=1S/C12H18N2O2/c1-16-12-6-9(2-3-10(12)8-15)11-7-13-4-5-14-11/h2-3,6,11,13-15H,4-5,7-8H2,1H3. The van der Waals surface area contributed by atoms with Crippen LogP contribution in [-0.4, -0.2) is 31.9 Å². The van der Waals surface area contributed by atoms with Crippen molar-refractivity contribution in [1.82, 2.24) is 10.6 Å². The first-order valence-electron chi connectivity index (χ1n) is 5.57. The quantitative estimate of drug-likeness (QED) is 0.694. The molecule has 1 fully saturated rings. The van der Waals surface area contributed by atoms with E-state index in [0.717, 1.165) is 30.9 Å². The third kappa shape index (κ3) is 2.35. The van der Waals surface area contributed by atoms with E-state index < -0.39 is 0 Å². The van der Waals surface area contributed by atoms with Crippen LogP contribution in [-0.2, 0) is 6.61 Å². The Bertz CT molecular complexity index is 349. The van der Waals surface area contributed by atoms with Gasteiger partial charge >= 0.3 is 0 Å². The molecule has 1 heterocycles. The minimum atomic E-state index is 0.0137. The summed E-state index contributed by atoms with van der Waals surface area (Å²) in [6.45, 7) is 2.94. The fraction of sp³-hybridized carbons (Fsp3) is 0.500. The van der Waals surface area contributed by atoms with E-state index in [1.54, 1.807) is 7.11 Å². The normalized spacial score (nSPS) is 20.8. The molecule has 1 saturated heterocycles. The summed E-state index contributed by atoms with van der Waals surface area (Å²) in [6, 6.07) is 6.29. The van der Waals surface area contributed by atoms with Crippen molar-refractivity contribution in [2.24, 2.45) is 0 Å². The summed E-state index contributed by atoms with van der Waals surface area (Å²) in [5.41, 5.74) is 2.02. The summed E-state index contributed by atoms with van der Waals surface area (Å²) in [5.74, 6) is 0.757. The molecule has 0 radical (unpaired) electrons. The van der Waals surface area contributed by atoms with Gasteiger partial charge in [0, 0.05) is 31.2 Å². The molecule has 1 atom stereocenters. The number of benzene rings is 1. The van der Waals surface area contributed by atoms with Crippen LogP contribution in [0.25, 0.3) is 0 Å². The van der Waals surface area contributed by atoms with Crippen molar-refractivity contribution in [3.8, 4) is 5.75 Å². The number of nitrogens with one attached hydrogen (secondary N) is 2. The zero-order valence-electron chi connectivity index (χ0n) is 9.49. The Morgan fingerprint density at radius 1 is 1.44 bits per heavy atom. The lowest BCUT2D eigenvalue weighted by molar-refractivity contribution is 0.273. The van der Waals surface area contributed by atoms with Crippen LogP contribution >= 0.6 is 0 Å². The number of aliphatic hydroxyl groups excluding tert-OH is 1. The number of hydrogen-bond acceptors (Lipinski definition) is 4. The lowest BCUT2D eigenvalue weighted by Gasteiger charge is -2.25. The molecule has 1 aliphatic heterocycles. The minimum absolute atomic E-state index is 0.0137. The van der Waals surface area contributed by atoms with Crippen LogP contribution in [0, 0.1) is 0 Å². The van der Waals surface area contributed by atoms with Crippen LogP contribution in [0.2, 0.25) is 0 Å². The summed E-state index contributed by atoms with van der Waals surface area (Å²) in [7, 11) is 1.63. The van der Waals surface area contributed by atoms with Crippen LogP contribution < -0.4 is 15.4 Å². The molecule has 1 unspecified atom stereocenters. The average Bonchev–Trinajstić information content (AvgIpc) is 2.39. The van der Waals surface area contributed by atoms with E-state index in [1.807, 2.05) is 18.2 Å². The van der Waals surface area contributed by atoms with Gasteiger partial charge in [-0.15, -0.1) is 0 Å². The third-order valence-electron chi connectivity index (χ3n) is 2.92. The Morgan fingerprint density at radius 2 is 2.31 bits per heavy atom. The first-order chi connectivity index (χ1) is 7.85. The number of rotatable bonds is 3. The first kappa shape index (κ1) is 11.4. The van der Waals surface area contributed by atoms with Crippen LogP contribution in [0.5, 0.6) is 5.75 Å². The zero-order valence-corrected chi connectivity index (χ0v) is 9.49. The van der Waals surface area contributed by atoms with Crippen molar-refractivity contribution in [2.45, 2.75) is 12.6 Å². The Kier molecular flexibility index (Phi) is 3.77. The van der Waals surface area contributed by atoms with E-state index in [4.69, 9.17) is 9.84 Å². The molecule has 0 amide bonds. The summed E-state index contributed by atoms with van der Waals surface area (Å²) in [5, 5.41) is 15.9. The van der Waals surface area contributed by atoms with E-state index in [1.165, 1.54) is 5.56 Å². The second-order valence-electron chi connectivity index (χ2n) is 3.94. The summed E-state index contributed by atoms with van der Waals surface area (Å²) in [6.07, 6.45) is 0. The van der Waals surface area contributed by atoms with Gasteiger partial charge in [-0.1, -0.05) is 12.1 Å². The smallest absolute Gasteiger partial charge is 0.124 e. The van der Waals surface area contributed by atoms with E-state index in [9.17, 15) is 0 Å². The van der Waals surface area contributed by atoms with Crippen LogP contribution in [0.1, 0.15) is 17.2 Å². The highest BCUT2D eigenvalue weighted by atomic mass is 16.5. The Labute approximate surface area is 95.6 Å². The van der Waals surface area contributed by atoms with Crippen LogP contribution in [0.3, 0.4) is 0 Å². The van der Waals surface area contributed by atoms with Crippen LogP contribution in [0.4, 0.5) is 0 Å². The van der Waals surface area contributed by atoms with Gasteiger partial charge < -0.3 is 20.5 Å². The fourth-order valence-corrected chi connectivity index (χ4v) is 2.00. The van der Waals surface area contributed by atoms with Crippen molar-refractivity contribution < 1.29 is 9.84 Å². The molecular formula is C12H18N2O2. The molecule has 2 rings (SSSR count). The van der Waals surface area contributed by atoms with Gasteiger partial charge in [0.1, 0.15) is 5.75 Å². The molecule has 16 heavy (non-hydrogen) atoms. The summed E-state index contributed by atoms with van der Waals surface area (Å²) < 4.78 is 5.26. The average molecular weight is 222 g/mol. The van der Waals surface area contributed by atoms with E-state index in [0.29, 0.717) is 6.04 Å². The van der Waals surface area contributed by atoms with Gasteiger partial charge in [-0.05, 0) is 11.6 Å². The highest BCUT2D eigenvalue weighted by Gasteiger charge is 2.15. The maximum absolute atomic E-state index is 9.14. The van der Waals surface area contributed by atoms with Crippen LogP contribution in [0.15, 0.2) is 18.2 Å². The maximum atomic E-state index is 9.14. The SMILES string of the molecule is COc1cc(C2CNCCN2)ccc1CO. The largest absolute Gasteiger partial charge is 0.496 e. The number of hydrogen-bond donors (Lipinski definition) is 3. The third-order valence-corrected chi connectivity index (χ3v) is 2.92. The monoisotopic (exact) mass is 222 g/mol. The Balaban J connectivity index is 2.20. The molecule has 1 aliphatic rings. The van der Waals surface area contributed by atoms with Gasteiger partial charge in [-0.3, -0.25) is 0 Å². The molecule has 1 aromatic carbocycles. The van der Waals surface area contributed by atoms with Crippen molar-refractivity contribution in [3.05, 3.63) is 29.3 Å². The lowest BCUT2D eigenvalue weighted by Crippen LogP contribution is -2.42. The number of piperazine rings is 1. The predicted molar refractivity (Wildman–Crippen MR) is 62.5 cm³/mol. The van der Waals surface area contributed by atoms with Crippen molar-refractivity contribution in [2.75, 3.05) is 26.7 Å². The Morgan fingerprint density at radius 3 is 2.94 bits per heavy atom. The van der Waals surface area contributed by atoms with Crippen molar-refractivity contribution in [3.63, 3.8) is 0 Å². The molecule has 0 spiro atoms. The van der Waals surface area contributed by atoms with Gasteiger partial charge in [0.05, 0.1) is 13.7 Å². The molecule has 0 aliphatic carbocycles. The number of aliphatic hydroxyl groups is 1. The topological polar surface area (TPSA) is 53.5 Å². The number of ether oxygens (including phenoxy) is 1. The minimum Gasteiger partial charge on any atom is -0.496 e. The molecule has 3 N–H and O–H groups in total. The first-order valence-corrected chi connectivity index (χ1v) is 5.57. The van der Waals surface area contributed by atoms with Crippen molar-refractivity contribution in [1.29, 1.82) is 0 Å². The molecular weight excluding hydrogens is 204 g/mol. The molecule has 0 bridgehead atoms. The maximum Gasteiger partial charge on any atom is 0.124 e. The predicted octanol–water partition coefficient (Wildman–Crippen LogP) is 0.421. The molecule has 0 aromatic heterocycles. The highest BCUT2D eigenvalue weighted by Crippen LogP contribution is 2.24. The van der Waals surface area contributed by atoms with Gasteiger partial charge in [0.15, 0.2) is 0 Å². The molecule has 0 saturated carbocycles. The summed E-state index contributed by atoms with van der Waals surface area (Å²) >= 11 is 0. The van der Waals surface area contributed by atoms with Gasteiger partial charge in [0.25, 0.3) is 0 Å². The van der Waals surface area contributed by atoms with Crippen molar-refractivity contribution >= 4 is 0 Å². The Hall–Kier alpha value is -1.10. The lowest BCUT2D eigenvalue weighted by atomic mass is 10.0. The van der Waals surface area contributed by atoms with Gasteiger partial charge in [0.2, 0.25) is 0 Å². The second-order valence-corrected chi connectivity index (χ2v) is 3.94. The van der Waals surface area contributed by atoms with Gasteiger partial charge in [-0.2, -0.15) is 0 Å².